The summed E-state index contributed by atoms with van der Waals surface area (Å²) in [5.41, 5.74) is 0. The number of ketones is 1. The Kier molecular flexibility index (Phi) is 6.35. The van der Waals surface area contributed by atoms with E-state index >= 15 is 0 Å². The molecule has 0 unspecified atom stereocenters. The maximum Gasteiger partial charge on any atom is 0.372 e. The minimum absolute atomic E-state index is 0. The smallest absolute Gasteiger partial charge is 0.372 e. The molecule has 0 amide bonds. The summed E-state index contributed by atoms with van der Waals surface area (Å²) in [6, 6.07) is 0. The van der Waals surface area contributed by atoms with Gasteiger partial charge in [-0.25, -0.2) is 4.79 Å². The molecule has 0 aliphatic heterocycles. The molecule has 0 saturated heterocycles. The second kappa shape index (κ2) is 5.23. The number of carbonyl (C=O) groups is 2. The molecule has 0 atom stereocenters. The second-order valence-electron chi connectivity index (χ2n) is 2.33. The standard InChI is InChI=1S/C6H10O3.ClH/c1-4(2)3-5(7)6(8)9;/h4H,3H2,1-2H3,(H,8,9);1H. The van der Waals surface area contributed by atoms with Gasteiger partial charge in [0.25, 0.3) is 0 Å². The van der Waals surface area contributed by atoms with E-state index in [2.05, 4.69) is 0 Å². The second-order valence-corrected chi connectivity index (χ2v) is 2.33. The van der Waals surface area contributed by atoms with Crippen molar-refractivity contribution in [2.45, 2.75) is 20.3 Å². The van der Waals surface area contributed by atoms with Crippen LogP contribution in [0.15, 0.2) is 0 Å². The number of aliphatic carboxylic acids is 1. The van der Waals surface area contributed by atoms with Gasteiger partial charge in [-0.05, 0) is 5.92 Å². The van der Waals surface area contributed by atoms with Crippen molar-refractivity contribution in [2.75, 3.05) is 0 Å². The Morgan fingerprint density at radius 2 is 1.80 bits per heavy atom. The average Bonchev–Trinajstić information content (AvgIpc) is 1.63. The first kappa shape index (κ1) is 12.1. The third-order valence-corrected chi connectivity index (χ3v) is 0.832. The van der Waals surface area contributed by atoms with Gasteiger partial charge in [0, 0.05) is 6.42 Å². The van der Waals surface area contributed by atoms with Crippen molar-refractivity contribution in [1.82, 2.24) is 0 Å². The van der Waals surface area contributed by atoms with Crippen LogP contribution in [0.25, 0.3) is 0 Å². The Hall–Kier alpha value is -0.570. The lowest BCUT2D eigenvalue weighted by Crippen LogP contribution is -2.14. The van der Waals surface area contributed by atoms with Crippen molar-refractivity contribution in [2.24, 2.45) is 5.92 Å². The van der Waals surface area contributed by atoms with E-state index in [1.54, 1.807) is 13.8 Å². The summed E-state index contributed by atoms with van der Waals surface area (Å²) in [7, 11) is 0. The number of Topliss-reactive ketones (excluding diaryl/α,β-unsaturated/α-hetero) is 1. The third kappa shape index (κ3) is 5.56. The predicted molar refractivity (Wildman–Crippen MR) is 39.3 cm³/mol. The fraction of sp³-hybridized carbons (Fsp3) is 0.667. The topological polar surface area (TPSA) is 54.4 Å². The summed E-state index contributed by atoms with van der Waals surface area (Å²) in [5.74, 6) is -1.90. The highest BCUT2D eigenvalue weighted by Gasteiger charge is 2.11. The predicted octanol–water partition coefficient (Wildman–Crippen LogP) is 1.11. The zero-order valence-electron chi connectivity index (χ0n) is 5.96. The monoisotopic (exact) mass is 166 g/mol. The molecule has 10 heavy (non-hydrogen) atoms. The zero-order chi connectivity index (χ0) is 7.44. The molecule has 0 fully saturated rings. The van der Waals surface area contributed by atoms with Gasteiger partial charge in [-0.1, -0.05) is 13.8 Å². The van der Waals surface area contributed by atoms with Crippen molar-refractivity contribution in [3.63, 3.8) is 0 Å². The van der Waals surface area contributed by atoms with Crippen molar-refractivity contribution in [1.29, 1.82) is 0 Å². The number of hydrogen-bond acceptors (Lipinski definition) is 2. The van der Waals surface area contributed by atoms with Gasteiger partial charge >= 0.3 is 5.97 Å². The number of carbonyl (C=O) groups excluding carboxylic acids is 1. The van der Waals surface area contributed by atoms with Gasteiger partial charge in [0.15, 0.2) is 0 Å². The van der Waals surface area contributed by atoms with Gasteiger partial charge < -0.3 is 5.11 Å². The van der Waals surface area contributed by atoms with Crippen LogP contribution in [-0.4, -0.2) is 16.9 Å². The largest absolute Gasteiger partial charge is 0.476 e. The molecule has 4 heteroatoms. The van der Waals surface area contributed by atoms with E-state index in [0.717, 1.165) is 0 Å². The SMILES string of the molecule is CC(C)CC(=O)C(=O)O.Cl. The number of carboxylic acids is 1. The first-order valence-corrected chi connectivity index (χ1v) is 2.80. The molecule has 1 N–H and O–H groups in total. The Morgan fingerprint density at radius 3 is 1.90 bits per heavy atom. The first-order valence-electron chi connectivity index (χ1n) is 2.80. The van der Waals surface area contributed by atoms with Gasteiger partial charge in [-0.2, -0.15) is 0 Å². The fourth-order valence-electron chi connectivity index (χ4n) is 0.458. The van der Waals surface area contributed by atoms with E-state index in [0.29, 0.717) is 0 Å². The molecular formula is C6H11ClO3. The normalized spacial score (nSPS) is 8.70. The molecule has 0 aliphatic carbocycles. The molecule has 0 saturated carbocycles. The highest BCUT2D eigenvalue weighted by atomic mass is 35.5. The quantitative estimate of drug-likeness (QED) is 0.639. The molecule has 0 aromatic rings. The lowest BCUT2D eigenvalue weighted by atomic mass is 10.1. The molecule has 0 bridgehead atoms. The Balaban J connectivity index is 0. The molecule has 0 heterocycles. The van der Waals surface area contributed by atoms with Crippen LogP contribution in [0.3, 0.4) is 0 Å². The summed E-state index contributed by atoms with van der Waals surface area (Å²) in [5, 5.41) is 8.08. The van der Waals surface area contributed by atoms with Gasteiger partial charge in [0.05, 0.1) is 0 Å². The van der Waals surface area contributed by atoms with Gasteiger partial charge in [0.2, 0.25) is 5.78 Å². The maximum atomic E-state index is 10.4. The van der Waals surface area contributed by atoms with E-state index in [9.17, 15) is 9.59 Å². The van der Waals surface area contributed by atoms with E-state index in [-0.39, 0.29) is 24.7 Å². The van der Waals surface area contributed by atoms with Crippen LogP contribution in [0.2, 0.25) is 0 Å². The van der Waals surface area contributed by atoms with Crippen LogP contribution in [0.4, 0.5) is 0 Å². The highest BCUT2D eigenvalue weighted by molar-refractivity contribution is 6.32. The molecule has 0 aliphatic rings. The highest BCUT2D eigenvalue weighted by Crippen LogP contribution is 1.99. The van der Waals surface area contributed by atoms with E-state index < -0.39 is 11.8 Å². The van der Waals surface area contributed by atoms with Crippen LogP contribution in [0, 0.1) is 5.92 Å². The minimum atomic E-state index is -1.33. The van der Waals surface area contributed by atoms with Crippen LogP contribution in [-0.2, 0) is 9.59 Å². The maximum absolute atomic E-state index is 10.4. The lowest BCUT2D eigenvalue weighted by Gasteiger charge is -1.97. The van der Waals surface area contributed by atoms with Gasteiger partial charge in [-0.3, -0.25) is 4.79 Å². The summed E-state index contributed by atoms with van der Waals surface area (Å²) >= 11 is 0. The lowest BCUT2D eigenvalue weighted by molar-refractivity contribution is -0.149. The van der Waals surface area contributed by atoms with Crippen LogP contribution < -0.4 is 0 Å². The third-order valence-electron chi connectivity index (χ3n) is 0.832. The molecule has 0 aromatic heterocycles. The van der Waals surface area contributed by atoms with E-state index in [1.165, 1.54) is 0 Å². The summed E-state index contributed by atoms with van der Waals surface area (Å²) in [6.07, 6.45) is 0.134. The van der Waals surface area contributed by atoms with E-state index in [4.69, 9.17) is 5.11 Å². The van der Waals surface area contributed by atoms with Gasteiger partial charge in [-0.15, -0.1) is 12.4 Å². The summed E-state index contributed by atoms with van der Waals surface area (Å²) < 4.78 is 0. The number of carboxylic acid groups (broad SMARTS) is 1. The van der Waals surface area contributed by atoms with Crippen molar-refractivity contribution in [3.8, 4) is 0 Å². The fourth-order valence-corrected chi connectivity index (χ4v) is 0.458. The number of halogens is 1. The Labute approximate surface area is 65.8 Å². The molecule has 60 valence electrons. The van der Waals surface area contributed by atoms with Gasteiger partial charge in [0.1, 0.15) is 0 Å². The molecule has 0 radical (unpaired) electrons. The molecule has 0 rings (SSSR count). The summed E-state index contributed by atoms with van der Waals surface area (Å²) in [6.45, 7) is 3.61. The molecule has 0 spiro atoms. The van der Waals surface area contributed by atoms with Crippen molar-refractivity contribution >= 4 is 24.2 Å². The van der Waals surface area contributed by atoms with Crippen LogP contribution in [0.1, 0.15) is 20.3 Å². The molecular weight excluding hydrogens is 156 g/mol. The first-order chi connectivity index (χ1) is 4.04. The van der Waals surface area contributed by atoms with E-state index in [1.807, 2.05) is 0 Å². The van der Waals surface area contributed by atoms with Crippen LogP contribution in [0.5, 0.6) is 0 Å². The minimum Gasteiger partial charge on any atom is -0.476 e. The Bertz CT molecular complexity index is 131. The molecule has 3 nitrogen and oxygen atoms in total. The van der Waals surface area contributed by atoms with Crippen molar-refractivity contribution in [3.05, 3.63) is 0 Å². The average molecular weight is 167 g/mol. The molecule has 0 aromatic carbocycles. The zero-order valence-corrected chi connectivity index (χ0v) is 6.77. The van der Waals surface area contributed by atoms with Crippen molar-refractivity contribution < 1.29 is 14.7 Å². The number of rotatable bonds is 3. The Morgan fingerprint density at radius 1 is 1.40 bits per heavy atom. The van der Waals surface area contributed by atoms with Crippen LogP contribution >= 0.6 is 12.4 Å². The summed E-state index contributed by atoms with van der Waals surface area (Å²) in [4.78, 5) is 20.2. The number of hydrogen-bond donors (Lipinski definition) is 1.